The maximum Gasteiger partial charge on any atom is 0.224 e. The van der Waals surface area contributed by atoms with Crippen LogP contribution in [0.5, 0.6) is 0 Å². The highest BCUT2D eigenvalue weighted by molar-refractivity contribution is 7.80. The lowest BCUT2D eigenvalue weighted by Crippen LogP contribution is -2.47. The van der Waals surface area contributed by atoms with Gasteiger partial charge in [-0.1, -0.05) is 63.2 Å². The number of carbonyl (C=O) groups excluding carboxylic acids is 1. The van der Waals surface area contributed by atoms with E-state index >= 15 is 0 Å². The van der Waals surface area contributed by atoms with Crippen molar-refractivity contribution in [2.45, 2.75) is 52.0 Å². The Bertz CT molecular complexity index is 522. The first-order valence-electron chi connectivity index (χ1n) is 7.56. The molecular weight excluding hydrogens is 280 g/mol. The van der Waals surface area contributed by atoms with Crippen LogP contribution in [0.3, 0.4) is 0 Å². The van der Waals surface area contributed by atoms with Gasteiger partial charge in [0.25, 0.3) is 0 Å². The summed E-state index contributed by atoms with van der Waals surface area (Å²) in [7, 11) is 0. The number of carbonyl (C=O) groups is 1. The van der Waals surface area contributed by atoms with Gasteiger partial charge < -0.3 is 11.1 Å². The minimum Gasteiger partial charge on any atom is -0.389 e. The van der Waals surface area contributed by atoms with Crippen molar-refractivity contribution < 1.29 is 4.79 Å². The predicted octanol–water partition coefficient (Wildman–Crippen LogP) is 2.95. The Morgan fingerprint density at radius 3 is 2.57 bits per heavy atom. The van der Waals surface area contributed by atoms with Crippen LogP contribution in [0.15, 0.2) is 24.3 Å². The normalized spacial score (nSPS) is 20.8. The zero-order chi connectivity index (χ0) is 15.5. The van der Waals surface area contributed by atoms with Crippen molar-refractivity contribution in [2.24, 2.45) is 11.1 Å². The molecule has 1 aromatic rings. The number of benzene rings is 1. The van der Waals surface area contributed by atoms with E-state index in [0.717, 1.165) is 17.5 Å². The van der Waals surface area contributed by atoms with Gasteiger partial charge in [0.1, 0.15) is 4.99 Å². The third-order valence-corrected chi connectivity index (χ3v) is 4.68. The molecule has 21 heavy (non-hydrogen) atoms. The number of nitrogens with two attached hydrogens (primary N) is 1. The summed E-state index contributed by atoms with van der Waals surface area (Å²) in [5, 5.41) is 3.21. The molecule has 2 rings (SSSR count). The fourth-order valence-electron chi connectivity index (χ4n) is 2.98. The molecule has 0 aliphatic heterocycles. The molecule has 0 spiro atoms. The molecule has 1 atom stereocenters. The molecule has 3 nitrogen and oxygen atoms in total. The van der Waals surface area contributed by atoms with Crippen LogP contribution in [0.25, 0.3) is 0 Å². The van der Waals surface area contributed by atoms with Gasteiger partial charge in [0.2, 0.25) is 5.91 Å². The van der Waals surface area contributed by atoms with Crippen LogP contribution in [0.4, 0.5) is 0 Å². The smallest absolute Gasteiger partial charge is 0.224 e. The van der Waals surface area contributed by atoms with Crippen molar-refractivity contribution in [1.82, 2.24) is 5.32 Å². The van der Waals surface area contributed by atoms with E-state index in [0.29, 0.717) is 11.4 Å². The van der Waals surface area contributed by atoms with Gasteiger partial charge in [-0.2, -0.15) is 0 Å². The van der Waals surface area contributed by atoms with Crippen LogP contribution in [-0.4, -0.2) is 16.9 Å². The van der Waals surface area contributed by atoms with Crippen LogP contribution in [0.2, 0.25) is 0 Å². The van der Waals surface area contributed by atoms with Gasteiger partial charge in [-0.3, -0.25) is 4.79 Å². The molecular formula is C17H24N2OS. The van der Waals surface area contributed by atoms with E-state index in [-0.39, 0.29) is 17.4 Å². The molecule has 1 aliphatic carbocycles. The minimum absolute atomic E-state index is 0.0954. The molecule has 1 fully saturated rings. The number of thiocarbonyl (C=S) groups is 1. The van der Waals surface area contributed by atoms with Gasteiger partial charge in [0.15, 0.2) is 0 Å². The molecule has 0 radical (unpaired) electrons. The molecule has 1 unspecified atom stereocenters. The van der Waals surface area contributed by atoms with Gasteiger partial charge in [0, 0.05) is 11.6 Å². The Hall–Kier alpha value is -1.42. The number of hydrogen-bond acceptors (Lipinski definition) is 2. The van der Waals surface area contributed by atoms with E-state index in [1.54, 1.807) is 0 Å². The highest BCUT2D eigenvalue weighted by Crippen LogP contribution is 2.35. The Labute approximate surface area is 132 Å². The Kier molecular flexibility index (Phi) is 4.99. The first-order chi connectivity index (χ1) is 9.88. The van der Waals surface area contributed by atoms with Crippen molar-refractivity contribution in [3.05, 3.63) is 35.4 Å². The Morgan fingerprint density at radius 1 is 1.33 bits per heavy atom. The quantitative estimate of drug-likeness (QED) is 0.841. The van der Waals surface area contributed by atoms with Gasteiger partial charge in [-0.05, 0) is 23.8 Å². The SMILES string of the molecule is CC1(C)CCCCC1NC(=O)Cc1ccc(C(N)=S)cc1. The molecule has 3 N–H and O–H groups in total. The standard InChI is InChI=1S/C17H24N2OS/c1-17(2)10-4-3-5-14(17)19-15(20)11-12-6-8-13(9-7-12)16(18)21/h6-9,14H,3-5,10-11H2,1-2H3,(H2,18,21)(H,19,20). The Morgan fingerprint density at radius 2 is 2.00 bits per heavy atom. The predicted molar refractivity (Wildman–Crippen MR) is 90.2 cm³/mol. The van der Waals surface area contributed by atoms with Crippen molar-refractivity contribution in [3.63, 3.8) is 0 Å². The summed E-state index contributed by atoms with van der Waals surface area (Å²) < 4.78 is 0. The first-order valence-corrected chi connectivity index (χ1v) is 7.97. The molecule has 0 heterocycles. The second-order valence-electron chi connectivity index (χ2n) is 6.59. The van der Waals surface area contributed by atoms with E-state index in [4.69, 9.17) is 18.0 Å². The van der Waals surface area contributed by atoms with E-state index < -0.39 is 0 Å². The maximum atomic E-state index is 12.2. The van der Waals surface area contributed by atoms with Crippen LogP contribution in [0, 0.1) is 5.41 Å². The van der Waals surface area contributed by atoms with E-state index in [1.807, 2.05) is 24.3 Å². The van der Waals surface area contributed by atoms with Crippen LogP contribution in [-0.2, 0) is 11.2 Å². The summed E-state index contributed by atoms with van der Waals surface area (Å²) in [6, 6.07) is 7.86. The summed E-state index contributed by atoms with van der Waals surface area (Å²) in [5.74, 6) is 0.0954. The van der Waals surface area contributed by atoms with Crippen molar-refractivity contribution in [1.29, 1.82) is 0 Å². The molecule has 1 saturated carbocycles. The summed E-state index contributed by atoms with van der Waals surface area (Å²) in [6.07, 6.45) is 5.14. The van der Waals surface area contributed by atoms with Crippen molar-refractivity contribution in [2.75, 3.05) is 0 Å². The number of amides is 1. The number of rotatable bonds is 4. The number of nitrogens with one attached hydrogen (secondary N) is 1. The lowest BCUT2D eigenvalue weighted by molar-refractivity contribution is -0.122. The van der Waals surface area contributed by atoms with Gasteiger partial charge in [0.05, 0.1) is 6.42 Å². The van der Waals surface area contributed by atoms with Gasteiger partial charge in [-0.25, -0.2) is 0 Å². The molecule has 1 aliphatic rings. The summed E-state index contributed by atoms with van der Waals surface area (Å²) in [4.78, 5) is 12.6. The third kappa shape index (κ3) is 4.27. The van der Waals surface area contributed by atoms with Crippen LogP contribution in [0.1, 0.15) is 50.7 Å². The summed E-state index contributed by atoms with van der Waals surface area (Å²) in [5.41, 5.74) is 7.59. The zero-order valence-electron chi connectivity index (χ0n) is 12.8. The largest absolute Gasteiger partial charge is 0.389 e. The highest BCUT2D eigenvalue weighted by atomic mass is 32.1. The molecule has 0 bridgehead atoms. The highest BCUT2D eigenvalue weighted by Gasteiger charge is 2.32. The third-order valence-electron chi connectivity index (χ3n) is 4.45. The summed E-state index contributed by atoms with van der Waals surface area (Å²) >= 11 is 4.93. The molecule has 1 aromatic carbocycles. The number of hydrogen-bond donors (Lipinski definition) is 2. The lowest BCUT2D eigenvalue weighted by Gasteiger charge is -2.39. The second kappa shape index (κ2) is 6.56. The minimum atomic E-state index is 0.0954. The monoisotopic (exact) mass is 304 g/mol. The lowest BCUT2D eigenvalue weighted by atomic mass is 9.73. The van der Waals surface area contributed by atoms with E-state index in [2.05, 4.69) is 19.2 Å². The van der Waals surface area contributed by atoms with Gasteiger partial charge in [-0.15, -0.1) is 0 Å². The fourth-order valence-corrected chi connectivity index (χ4v) is 3.12. The van der Waals surface area contributed by atoms with Crippen molar-refractivity contribution in [3.8, 4) is 0 Å². The molecule has 4 heteroatoms. The Balaban J connectivity index is 1.93. The molecule has 0 saturated heterocycles. The van der Waals surface area contributed by atoms with Crippen LogP contribution < -0.4 is 11.1 Å². The average molecular weight is 304 g/mol. The van der Waals surface area contributed by atoms with E-state index in [9.17, 15) is 4.79 Å². The fraction of sp³-hybridized carbons (Fsp3) is 0.529. The van der Waals surface area contributed by atoms with Crippen molar-refractivity contribution >= 4 is 23.1 Å². The zero-order valence-corrected chi connectivity index (χ0v) is 13.6. The molecule has 0 aromatic heterocycles. The molecule has 1 amide bonds. The molecule has 114 valence electrons. The van der Waals surface area contributed by atoms with E-state index in [1.165, 1.54) is 19.3 Å². The van der Waals surface area contributed by atoms with Crippen LogP contribution >= 0.6 is 12.2 Å². The topological polar surface area (TPSA) is 55.1 Å². The first kappa shape index (κ1) is 16.0. The van der Waals surface area contributed by atoms with Gasteiger partial charge >= 0.3 is 0 Å². The summed E-state index contributed by atoms with van der Waals surface area (Å²) in [6.45, 7) is 4.49. The average Bonchev–Trinajstić information content (AvgIpc) is 2.41. The second-order valence-corrected chi connectivity index (χ2v) is 7.03. The maximum absolute atomic E-state index is 12.2.